The summed E-state index contributed by atoms with van der Waals surface area (Å²) in [5.74, 6) is 1.87. The van der Waals surface area contributed by atoms with Gasteiger partial charge in [0.2, 0.25) is 5.91 Å². The second-order valence-corrected chi connectivity index (χ2v) is 9.84. The lowest BCUT2D eigenvalue weighted by Crippen LogP contribution is -2.34. The van der Waals surface area contributed by atoms with E-state index in [0.29, 0.717) is 11.3 Å². The second-order valence-electron chi connectivity index (χ2n) is 8.27. The lowest BCUT2D eigenvalue weighted by molar-refractivity contribution is -0.116. The van der Waals surface area contributed by atoms with Crippen LogP contribution < -0.4 is 5.32 Å². The maximum absolute atomic E-state index is 12.6. The Morgan fingerprint density at radius 3 is 2.67 bits per heavy atom. The maximum atomic E-state index is 12.6. The molecule has 0 saturated heterocycles. The van der Waals surface area contributed by atoms with Gasteiger partial charge in [0.25, 0.3) is 10.0 Å². The van der Waals surface area contributed by atoms with Crippen LogP contribution in [0.25, 0.3) is 11.4 Å². The number of hydrogen-bond donors (Lipinski definition) is 1. The molecule has 1 amide bonds. The predicted octanol–water partition coefficient (Wildman–Crippen LogP) is 2.69. The molecule has 1 aromatic heterocycles. The van der Waals surface area contributed by atoms with Crippen LogP contribution in [0.3, 0.4) is 0 Å². The van der Waals surface area contributed by atoms with Gasteiger partial charge in [-0.25, -0.2) is 0 Å². The molecule has 0 aliphatic carbocycles. The van der Waals surface area contributed by atoms with Crippen molar-refractivity contribution < 1.29 is 13.2 Å². The Morgan fingerprint density at radius 2 is 1.85 bits per heavy atom. The first-order chi connectivity index (χ1) is 15.9. The van der Waals surface area contributed by atoms with Gasteiger partial charge in [-0.15, -0.1) is 14.6 Å². The quantitative estimate of drug-likeness (QED) is 0.636. The molecule has 5 rings (SSSR count). The van der Waals surface area contributed by atoms with Crippen LogP contribution in [0, 0.1) is 0 Å². The largest absolute Gasteiger partial charge is 0.349 e. The van der Waals surface area contributed by atoms with Crippen LogP contribution in [0.2, 0.25) is 0 Å². The minimum Gasteiger partial charge on any atom is -0.349 e. The topological polar surface area (TPSA) is 110 Å². The van der Waals surface area contributed by atoms with E-state index in [9.17, 15) is 13.2 Å². The van der Waals surface area contributed by atoms with E-state index in [2.05, 4.69) is 24.5 Å². The van der Waals surface area contributed by atoms with E-state index in [4.69, 9.17) is 0 Å². The number of hydrogen-bond acceptors (Lipinski definition) is 6. The van der Waals surface area contributed by atoms with E-state index >= 15 is 0 Å². The summed E-state index contributed by atoms with van der Waals surface area (Å²) in [6, 6.07) is 14.1. The van der Waals surface area contributed by atoms with Crippen LogP contribution in [0.4, 0.5) is 5.69 Å². The summed E-state index contributed by atoms with van der Waals surface area (Å²) in [5.41, 5.74) is 2.10. The zero-order valence-corrected chi connectivity index (χ0v) is 19.0. The number of fused-ring (bicyclic) bond motifs is 2. The third kappa shape index (κ3) is 4.13. The SMILES string of the molecule is CN(CC(=O)Nc1ccc(-c2nnc3n2CCCCC3)cc1)C1=NS(=O)(=O)c2ccccc21. The molecule has 10 heteroatoms. The van der Waals surface area contributed by atoms with E-state index in [1.54, 1.807) is 30.1 Å². The summed E-state index contributed by atoms with van der Waals surface area (Å²) in [5, 5.41) is 11.6. The second kappa shape index (κ2) is 8.43. The molecule has 9 nitrogen and oxygen atoms in total. The van der Waals surface area contributed by atoms with Gasteiger partial charge in [-0.05, 0) is 49.2 Å². The number of rotatable bonds is 4. The molecule has 0 spiro atoms. The highest BCUT2D eigenvalue weighted by Gasteiger charge is 2.30. The van der Waals surface area contributed by atoms with Gasteiger partial charge in [0.15, 0.2) is 11.7 Å². The fraction of sp³-hybridized carbons (Fsp3) is 0.304. The summed E-state index contributed by atoms with van der Waals surface area (Å²) in [6.45, 7) is 0.882. The highest BCUT2D eigenvalue weighted by Crippen LogP contribution is 2.27. The van der Waals surface area contributed by atoms with Crippen molar-refractivity contribution in [3.63, 3.8) is 0 Å². The van der Waals surface area contributed by atoms with Crippen molar-refractivity contribution in [1.82, 2.24) is 19.7 Å². The molecule has 1 N–H and O–H groups in total. The number of aromatic nitrogens is 3. The number of anilines is 1. The first-order valence-corrected chi connectivity index (χ1v) is 12.3. The van der Waals surface area contributed by atoms with Crippen molar-refractivity contribution in [3.05, 3.63) is 59.9 Å². The Bertz CT molecular complexity index is 1340. The Labute approximate surface area is 192 Å². The molecule has 2 aromatic carbocycles. The normalized spacial score (nSPS) is 16.3. The maximum Gasteiger partial charge on any atom is 0.285 e. The number of sulfonamides is 1. The van der Waals surface area contributed by atoms with Gasteiger partial charge in [0.1, 0.15) is 10.7 Å². The van der Waals surface area contributed by atoms with Crippen LogP contribution in [0.1, 0.15) is 30.7 Å². The van der Waals surface area contributed by atoms with Crippen LogP contribution in [-0.2, 0) is 27.8 Å². The van der Waals surface area contributed by atoms with Gasteiger partial charge in [-0.2, -0.15) is 8.42 Å². The minimum absolute atomic E-state index is 0.0396. The summed E-state index contributed by atoms with van der Waals surface area (Å²) in [7, 11) is -2.08. The zero-order chi connectivity index (χ0) is 23.0. The van der Waals surface area contributed by atoms with Gasteiger partial charge in [-0.1, -0.05) is 18.6 Å². The molecule has 0 fully saturated rings. The average molecular weight is 465 g/mol. The summed E-state index contributed by atoms with van der Waals surface area (Å²) in [6.07, 6.45) is 4.41. The molecular weight excluding hydrogens is 440 g/mol. The molecule has 2 aliphatic rings. The third-order valence-electron chi connectivity index (χ3n) is 5.89. The Morgan fingerprint density at radius 1 is 1.06 bits per heavy atom. The standard InChI is InChI=1S/C23H24N6O3S/c1-28(23-18-7-4-5-8-19(18)33(31,32)27-23)15-21(30)24-17-12-10-16(11-13-17)22-26-25-20-9-3-2-6-14-29(20)22/h4-5,7-8,10-13H,2-3,6,9,14-15H2,1H3,(H,24,30). The van der Waals surface area contributed by atoms with E-state index < -0.39 is 10.0 Å². The number of benzene rings is 2. The van der Waals surface area contributed by atoms with Gasteiger partial charge >= 0.3 is 0 Å². The number of nitrogens with zero attached hydrogens (tertiary/aromatic N) is 5. The zero-order valence-electron chi connectivity index (χ0n) is 18.2. The van der Waals surface area contributed by atoms with Crippen molar-refractivity contribution in [2.45, 2.75) is 37.1 Å². The highest BCUT2D eigenvalue weighted by atomic mass is 32.2. The van der Waals surface area contributed by atoms with E-state index in [1.807, 2.05) is 24.3 Å². The average Bonchev–Trinajstić information content (AvgIpc) is 3.22. The van der Waals surface area contributed by atoms with Crippen LogP contribution in [-0.4, -0.2) is 53.4 Å². The number of carbonyl (C=O) groups is 1. The van der Waals surface area contributed by atoms with Crippen molar-refractivity contribution in [3.8, 4) is 11.4 Å². The van der Waals surface area contributed by atoms with Crippen LogP contribution >= 0.6 is 0 Å². The van der Waals surface area contributed by atoms with Gasteiger partial charge in [-0.3, -0.25) is 4.79 Å². The number of nitrogens with one attached hydrogen (secondary N) is 1. The van der Waals surface area contributed by atoms with E-state index in [1.165, 1.54) is 12.5 Å². The summed E-state index contributed by atoms with van der Waals surface area (Å²) in [4.78, 5) is 14.3. The molecule has 0 atom stereocenters. The van der Waals surface area contributed by atoms with Crippen molar-refractivity contribution in [2.75, 3.05) is 18.9 Å². The van der Waals surface area contributed by atoms with Crippen molar-refractivity contribution in [2.24, 2.45) is 4.40 Å². The Balaban J connectivity index is 1.26. The molecule has 3 aromatic rings. The van der Waals surface area contributed by atoms with Crippen LogP contribution in [0.5, 0.6) is 0 Å². The molecule has 0 unspecified atom stereocenters. The monoisotopic (exact) mass is 464 g/mol. The van der Waals surface area contributed by atoms with E-state index in [-0.39, 0.29) is 23.2 Å². The molecule has 33 heavy (non-hydrogen) atoms. The predicted molar refractivity (Wildman–Crippen MR) is 124 cm³/mol. The molecule has 170 valence electrons. The van der Waals surface area contributed by atoms with E-state index in [0.717, 1.165) is 43.0 Å². The first-order valence-electron chi connectivity index (χ1n) is 10.9. The number of aryl methyl sites for hydroxylation is 1. The molecule has 2 aliphatic heterocycles. The Kier molecular flexibility index (Phi) is 5.45. The summed E-state index contributed by atoms with van der Waals surface area (Å²) >= 11 is 0. The molecular formula is C23H24N6O3S. The number of amides is 1. The lowest BCUT2D eigenvalue weighted by Gasteiger charge is -2.18. The molecule has 0 radical (unpaired) electrons. The fourth-order valence-electron chi connectivity index (χ4n) is 4.26. The highest BCUT2D eigenvalue weighted by molar-refractivity contribution is 7.90. The van der Waals surface area contributed by atoms with Crippen LogP contribution in [0.15, 0.2) is 57.8 Å². The fourth-order valence-corrected chi connectivity index (χ4v) is 5.51. The molecule has 3 heterocycles. The van der Waals surface area contributed by atoms with Crippen molar-refractivity contribution >= 4 is 27.5 Å². The van der Waals surface area contributed by atoms with Gasteiger partial charge in [0, 0.05) is 36.8 Å². The Hall–Kier alpha value is -3.53. The lowest BCUT2D eigenvalue weighted by atomic mass is 10.2. The minimum atomic E-state index is -3.73. The third-order valence-corrected chi connectivity index (χ3v) is 7.22. The molecule has 0 saturated carbocycles. The molecule has 0 bridgehead atoms. The first kappa shape index (κ1) is 21.3. The van der Waals surface area contributed by atoms with Crippen molar-refractivity contribution in [1.29, 1.82) is 0 Å². The summed E-state index contributed by atoms with van der Waals surface area (Å²) < 4.78 is 30.5. The number of likely N-dealkylation sites (N-methyl/N-ethyl adjacent to an activating group) is 1. The van der Waals surface area contributed by atoms with Gasteiger partial charge in [0.05, 0.1) is 6.54 Å². The number of carbonyl (C=O) groups excluding carboxylic acids is 1. The van der Waals surface area contributed by atoms with Gasteiger partial charge < -0.3 is 14.8 Å². The number of amidine groups is 1. The smallest absolute Gasteiger partial charge is 0.285 e.